The molecule has 0 heteroatoms. The standard InChI is InChI=1S/C11H20.C11H14.C2H2/c1-9(2)11-6-4-10(3,8-11)5-7-11;1-8-4-3-5-10-7-6-9(2)11(8)10;1-2/h9H,4-8H2,1-3H3;3-5,9H,6-7H2,1-2H3;1-2H. The maximum Gasteiger partial charge on any atom is -0.0182 e. The van der Waals surface area contributed by atoms with Gasteiger partial charge >= 0.3 is 0 Å². The Labute approximate surface area is 150 Å². The molecule has 0 aliphatic heterocycles. The maximum atomic E-state index is 4.00. The van der Waals surface area contributed by atoms with Gasteiger partial charge in [0.05, 0.1) is 0 Å². The largest absolute Gasteiger partial charge is 0.124 e. The van der Waals surface area contributed by atoms with Gasteiger partial charge in [0.2, 0.25) is 0 Å². The SMILES string of the molecule is C#C.CC(C)C12CCC(C)(CC1)C2.Cc1cccc2c1C(C)CC2. The lowest BCUT2D eigenvalue weighted by Crippen LogP contribution is -2.20. The van der Waals surface area contributed by atoms with Gasteiger partial charge < -0.3 is 0 Å². The van der Waals surface area contributed by atoms with E-state index < -0.39 is 0 Å². The van der Waals surface area contributed by atoms with Crippen LogP contribution in [0.2, 0.25) is 0 Å². The summed E-state index contributed by atoms with van der Waals surface area (Å²) >= 11 is 0. The molecule has 1 unspecified atom stereocenters. The van der Waals surface area contributed by atoms with Crippen LogP contribution in [0.5, 0.6) is 0 Å². The van der Waals surface area contributed by atoms with E-state index in [4.69, 9.17) is 0 Å². The van der Waals surface area contributed by atoms with Crippen molar-refractivity contribution in [2.75, 3.05) is 0 Å². The Balaban J connectivity index is 0.000000158. The summed E-state index contributed by atoms with van der Waals surface area (Å²) in [6, 6.07) is 6.67. The first-order valence-electron chi connectivity index (χ1n) is 9.77. The summed E-state index contributed by atoms with van der Waals surface area (Å²) in [4.78, 5) is 0. The number of hydrogen-bond acceptors (Lipinski definition) is 0. The van der Waals surface area contributed by atoms with Gasteiger partial charge in [0.25, 0.3) is 0 Å². The van der Waals surface area contributed by atoms with Crippen molar-refractivity contribution in [3.05, 3.63) is 34.9 Å². The highest BCUT2D eigenvalue weighted by Gasteiger charge is 2.52. The number of rotatable bonds is 1. The van der Waals surface area contributed by atoms with Crippen molar-refractivity contribution in [3.63, 3.8) is 0 Å². The van der Waals surface area contributed by atoms with Gasteiger partial charge in [-0.2, -0.15) is 0 Å². The van der Waals surface area contributed by atoms with Gasteiger partial charge in [0, 0.05) is 0 Å². The summed E-state index contributed by atoms with van der Waals surface area (Å²) in [7, 11) is 0. The second-order valence-corrected chi connectivity index (χ2v) is 9.09. The quantitative estimate of drug-likeness (QED) is 0.492. The molecule has 2 bridgehead atoms. The van der Waals surface area contributed by atoms with E-state index in [0.29, 0.717) is 0 Å². The van der Waals surface area contributed by atoms with Gasteiger partial charge in [-0.1, -0.05) is 45.9 Å². The lowest BCUT2D eigenvalue weighted by molar-refractivity contribution is 0.199. The Morgan fingerprint density at radius 3 is 2.12 bits per heavy atom. The summed E-state index contributed by atoms with van der Waals surface area (Å²) in [6.45, 7) is 11.9. The minimum absolute atomic E-state index is 0.754. The highest BCUT2D eigenvalue weighted by atomic mass is 14.6. The van der Waals surface area contributed by atoms with E-state index in [1.165, 1.54) is 50.5 Å². The molecule has 0 heterocycles. The van der Waals surface area contributed by atoms with Crippen LogP contribution in [0.25, 0.3) is 0 Å². The van der Waals surface area contributed by atoms with Gasteiger partial charge in [-0.3, -0.25) is 0 Å². The molecule has 0 nitrogen and oxygen atoms in total. The van der Waals surface area contributed by atoms with Crippen molar-refractivity contribution < 1.29 is 0 Å². The van der Waals surface area contributed by atoms with Crippen molar-refractivity contribution >= 4 is 0 Å². The number of fused-ring (bicyclic) bond motifs is 3. The molecule has 3 aliphatic carbocycles. The molecule has 3 aliphatic rings. The summed E-state index contributed by atoms with van der Waals surface area (Å²) in [5.74, 6) is 1.72. The smallest absolute Gasteiger partial charge is 0.0182 e. The molecule has 1 aromatic carbocycles. The van der Waals surface area contributed by atoms with Crippen LogP contribution in [-0.2, 0) is 6.42 Å². The maximum absolute atomic E-state index is 4.00. The van der Waals surface area contributed by atoms with Gasteiger partial charge in [0.15, 0.2) is 0 Å². The monoisotopic (exact) mass is 324 g/mol. The van der Waals surface area contributed by atoms with E-state index in [2.05, 4.69) is 65.7 Å². The molecule has 0 N–H and O–H groups in total. The molecule has 0 amide bonds. The first-order chi connectivity index (χ1) is 11.4. The second kappa shape index (κ2) is 7.35. The van der Waals surface area contributed by atoms with Crippen LogP contribution >= 0.6 is 0 Å². The number of terminal acetylenes is 1. The Hall–Kier alpha value is -1.22. The summed E-state index contributed by atoms with van der Waals surface area (Å²) in [5.41, 5.74) is 6.21. The van der Waals surface area contributed by atoms with Crippen LogP contribution < -0.4 is 0 Å². The fraction of sp³-hybridized carbons (Fsp3) is 0.667. The topological polar surface area (TPSA) is 0 Å². The van der Waals surface area contributed by atoms with Crippen LogP contribution in [-0.4, -0.2) is 0 Å². The van der Waals surface area contributed by atoms with Crippen molar-refractivity contribution in [1.29, 1.82) is 0 Å². The van der Waals surface area contributed by atoms with Crippen LogP contribution in [0, 0.1) is 36.5 Å². The predicted molar refractivity (Wildman–Crippen MR) is 106 cm³/mol. The third kappa shape index (κ3) is 3.56. The molecule has 2 fully saturated rings. The first kappa shape index (κ1) is 19.1. The van der Waals surface area contributed by atoms with Crippen molar-refractivity contribution in [3.8, 4) is 12.8 Å². The molecule has 4 rings (SSSR count). The highest BCUT2D eigenvalue weighted by molar-refractivity contribution is 5.40. The number of hydrogen-bond donors (Lipinski definition) is 0. The minimum Gasteiger partial charge on any atom is -0.124 e. The Morgan fingerprint density at radius 2 is 1.71 bits per heavy atom. The van der Waals surface area contributed by atoms with E-state index in [9.17, 15) is 0 Å². The average Bonchev–Trinajstić information content (AvgIpc) is 3.22. The van der Waals surface area contributed by atoms with E-state index in [-0.39, 0.29) is 0 Å². The molecule has 24 heavy (non-hydrogen) atoms. The molecule has 0 saturated heterocycles. The van der Waals surface area contributed by atoms with Gasteiger partial charge in [-0.25, -0.2) is 0 Å². The predicted octanol–water partition coefficient (Wildman–Crippen LogP) is 6.91. The summed E-state index contributed by atoms with van der Waals surface area (Å²) in [5, 5.41) is 0. The fourth-order valence-electron chi connectivity index (χ4n) is 5.52. The summed E-state index contributed by atoms with van der Waals surface area (Å²) in [6.07, 6.45) is 18.2. The van der Waals surface area contributed by atoms with Gasteiger partial charge in [-0.05, 0) is 91.2 Å². The van der Waals surface area contributed by atoms with E-state index >= 15 is 0 Å². The Bertz CT molecular complexity index is 567. The third-order valence-electron chi connectivity index (χ3n) is 7.21. The molecule has 0 radical (unpaired) electrons. The van der Waals surface area contributed by atoms with Crippen LogP contribution in [0.4, 0.5) is 0 Å². The average molecular weight is 325 g/mol. The molecule has 0 spiro atoms. The lowest BCUT2D eigenvalue weighted by atomic mass is 9.75. The molecule has 1 atom stereocenters. The number of benzene rings is 1. The normalized spacial score (nSPS) is 32.6. The molecule has 0 aromatic heterocycles. The zero-order valence-corrected chi connectivity index (χ0v) is 16.5. The van der Waals surface area contributed by atoms with Crippen LogP contribution in [0.15, 0.2) is 18.2 Å². The zero-order chi connectivity index (χ0) is 18.0. The van der Waals surface area contributed by atoms with E-state index in [1.807, 2.05) is 0 Å². The zero-order valence-electron chi connectivity index (χ0n) is 16.5. The molecule has 1 aromatic rings. The van der Waals surface area contributed by atoms with Crippen molar-refractivity contribution in [2.45, 2.75) is 85.5 Å². The third-order valence-corrected chi connectivity index (χ3v) is 7.21. The highest BCUT2D eigenvalue weighted by Crippen LogP contribution is 2.64. The molecular weight excluding hydrogens is 288 g/mol. The van der Waals surface area contributed by atoms with Crippen molar-refractivity contribution in [2.24, 2.45) is 16.7 Å². The fourth-order valence-corrected chi connectivity index (χ4v) is 5.52. The number of aryl methyl sites for hydroxylation is 2. The summed E-state index contributed by atoms with van der Waals surface area (Å²) < 4.78 is 0. The first-order valence-corrected chi connectivity index (χ1v) is 9.77. The van der Waals surface area contributed by atoms with Gasteiger partial charge in [-0.15, -0.1) is 12.8 Å². The van der Waals surface area contributed by atoms with Crippen molar-refractivity contribution in [1.82, 2.24) is 0 Å². The Morgan fingerprint density at radius 1 is 1.08 bits per heavy atom. The second-order valence-electron chi connectivity index (χ2n) is 9.09. The van der Waals surface area contributed by atoms with Crippen LogP contribution in [0.3, 0.4) is 0 Å². The molecular formula is C24H36. The molecule has 2 saturated carbocycles. The minimum atomic E-state index is 0.754. The van der Waals surface area contributed by atoms with Gasteiger partial charge in [0.1, 0.15) is 0 Å². The van der Waals surface area contributed by atoms with Crippen LogP contribution in [0.1, 0.15) is 88.8 Å². The molecule has 132 valence electrons. The Kier molecular flexibility index (Phi) is 5.85. The lowest BCUT2D eigenvalue weighted by Gasteiger charge is -2.30. The van der Waals surface area contributed by atoms with E-state index in [0.717, 1.165) is 22.7 Å². The van der Waals surface area contributed by atoms with E-state index in [1.54, 1.807) is 11.1 Å².